The molecule has 7 heteroatoms. The molecular weight excluding hydrogens is 310 g/mol. The number of rotatable bonds is 4. The van der Waals surface area contributed by atoms with Crippen molar-refractivity contribution in [2.24, 2.45) is 0 Å². The van der Waals surface area contributed by atoms with Crippen molar-refractivity contribution in [1.29, 1.82) is 5.26 Å². The van der Waals surface area contributed by atoms with E-state index in [4.69, 9.17) is 22.6 Å². The number of halogens is 1. The molecular formula is C14H12ClN3O2S. The van der Waals surface area contributed by atoms with Gasteiger partial charge in [0.25, 0.3) is 0 Å². The van der Waals surface area contributed by atoms with Gasteiger partial charge in [-0.05, 0) is 29.8 Å². The maximum Gasteiger partial charge on any atom is 0.237 e. The van der Waals surface area contributed by atoms with Crippen LogP contribution in [0.1, 0.15) is 11.1 Å². The molecule has 2 aromatic carbocycles. The van der Waals surface area contributed by atoms with Gasteiger partial charge < -0.3 is 5.73 Å². The zero-order valence-corrected chi connectivity index (χ0v) is 12.4. The van der Waals surface area contributed by atoms with Gasteiger partial charge in [0.15, 0.2) is 0 Å². The van der Waals surface area contributed by atoms with Crippen LogP contribution in [0.5, 0.6) is 0 Å². The normalized spacial score (nSPS) is 10.9. The lowest BCUT2D eigenvalue weighted by Crippen LogP contribution is -2.16. The van der Waals surface area contributed by atoms with Crippen LogP contribution in [-0.4, -0.2) is 8.42 Å². The topological polar surface area (TPSA) is 96.0 Å². The molecule has 0 saturated heterocycles. The summed E-state index contributed by atoms with van der Waals surface area (Å²) in [5.41, 5.74) is 7.00. The van der Waals surface area contributed by atoms with Crippen molar-refractivity contribution in [3.63, 3.8) is 0 Å². The first-order valence-corrected chi connectivity index (χ1v) is 7.98. The summed E-state index contributed by atoms with van der Waals surface area (Å²) in [6.07, 6.45) is 0. The Kier molecular flexibility index (Phi) is 4.36. The molecule has 0 atom stereocenters. The van der Waals surface area contributed by atoms with Crippen LogP contribution in [0.4, 0.5) is 11.4 Å². The van der Waals surface area contributed by atoms with Gasteiger partial charge in [-0.15, -0.1) is 0 Å². The number of nitrogen functional groups attached to an aromatic ring is 1. The van der Waals surface area contributed by atoms with Gasteiger partial charge in [0.2, 0.25) is 10.0 Å². The van der Waals surface area contributed by atoms with Crippen LogP contribution < -0.4 is 10.5 Å². The Morgan fingerprint density at radius 1 is 1.24 bits per heavy atom. The zero-order chi connectivity index (χ0) is 15.5. The maximum absolute atomic E-state index is 12.2. The molecule has 108 valence electrons. The largest absolute Gasteiger partial charge is 0.399 e. The van der Waals surface area contributed by atoms with E-state index in [0.717, 1.165) is 0 Å². The third kappa shape index (κ3) is 3.88. The Morgan fingerprint density at radius 3 is 2.62 bits per heavy atom. The third-order valence-corrected chi connectivity index (χ3v) is 4.28. The predicted molar refractivity (Wildman–Crippen MR) is 83.3 cm³/mol. The standard InChI is InChI=1S/C14H12ClN3O2S/c15-13-7-12(17)5-6-14(13)18-21(19,20)9-11-4-2-1-3-10(11)8-16/h1-7,18H,9,17H2. The van der Waals surface area contributed by atoms with E-state index in [1.165, 1.54) is 12.1 Å². The highest BCUT2D eigenvalue weighted by Gasteiger charge is 2.15. The van der Waals surface area contributed by atoms with Crippen LogP contribution in [0.25, 0.3) is 0 Å². The number of nitrogens with one attached hydrogen (secondary N) is 1. The summed E-state index contributed by atoms with van der Waals surface area (Å²) in [5, 5.41) is 9.19. The van der Waals surface area contributed by atoms with Crippen LogP contribution in [0.2, 0.25) is 5.02 Å². The minimum Gasteiger partial charge on any atom is -0.399 e. The summed E-state index contributed by atoms with van der Waals surface area (Å²) in [4.78, 5) is 0. The van der Waals surface area contributed by atoms with E-state index < -0.39 is 10.0 Å². The average Bonchev–Trinajstić information content (AvgIpc) is 2.42. The first kappa shape index (κ1) is 15.2. The number of nitriles is 1. The summed E-state index contributed by atoms with van der Waals surface area (Å²) < 4.78 is 26.7. The van der Waals surface area contributed by atoms with E-state index in [-0.39, 0.29) is 16.5 Å². The smallest absolute Gasteiger partial charge is 0.237 e. The fraction of sp³-hybridized carbons (Fsp3) is 0.0714. The molecule has 0 spiro atoms. The average molecular weight is 322 g/mol. The summed E-state index contributed by atoms with van der Waals surface area (Å²) in [7, 11) is -3.68. The van der Waals surface area contributed by atoms with Crippen LogP contribution in [0.3, 0.4) is 0 Å². The monoisotopic (exact) mass is 321 g/mol. The number of benzene rings is 2. The van der Waals surface area contributed by atoms with E-state index >= 15 is 0 Å². The zero-order valence-electron chi connectivity index (χ0n) is 10.9. The Hall–Kier alpha value is -2.23. The van der Waals surface area contributed by atoms with Gasteiger partial charge >= 0.3 is 0 Å². The number of nitrogens with zero attached hydrogens (tertiary/aromatic N) is 1. The number of hydrogen-bond donors (Lipinski definition) is 2. The van der Waals surface area contributed by atoms with Crippen LogP contribution in [0, 0.1) is 11.3 Å². The second-order valence-electron chi connectivity index (χ2n) is 4.37. The lowest BCUT2D eigenvalue weighted by molar-refractivity contribution is 0.600. The molecule has 0 aliphatic carbocycles. The highest BCUT2D eigenvalue weighted by atomic mass is 35.5. The lowest BCUT2D eigenvalue weighted by atomic mass is 10.1. The SMILES string of the molecule is N#Cc1ccccc1CS(=O)(=O)Nc1ccc(N)cc1Cl. The molecule has 5 nitrogen and oxygen atoms in total. The predicted octanol–water partition coefficient (Wildman–Crippen LogP) is 2.74. The van der Waals surface area contributed by atoms with Gasteiger partial charge in [-0.1, -0.05) is 29.8 Å². The van der Waals surface area contributed by atoms with Gasteiger partial charge in [-0.2, -0.15) is 5.26 Å². The molecule has 21 heavy (non-hydrogen) atoms. The van der Waals surface area contributed by atoms with Crippen molar-refractivity contribution in [2.45, 2.75) is 5.75 Å². The maximum atomic E-state index is 12.2. The van der Waals surface area contributed by atoms with Gasteiger partial charge in [0, 0.05) is 5.69 Å². The number of anilines is 2. The quantitative estimate of drug-likeness (QED) is 0.846. The fourth-order valence-electron chi connectivity index (χ4n) is 1.78. The molecule has 0 amide bonds. The Morgan fingerprint density at radius 2 is 1.95 bits per heavy atom. The number of sulfonamides is 1. The lowest BCUT2D eigenvalue weighted by Gasteiger charge is -2.10. The molecule has 0 bridgehead atoms. The van der Waals surface area contributed by atoms with Gasteiger partial charge in [-0.25, -0.2) is 8.42 Å². The molecule has 3 N–H and O–H groups in total. The van der Waals surface area contributed by atoms with E-state index in [1.54, 1.807) is 30.3 Å². The number of hydrogen-bond acceptors (Lipinski definition) is 4. The van der Waals surface area contributed by atoms with Crippen molar-refractivity contribution in [3.05, 3.63) is 58.6 Å². The highest BCUT2D eigenvalue weighted by molar-refractivity contribution is 7.91. The first-order valence-electron chi connectivity index (χ1n) is 5.95. The molecule has 0 fully saturated rings. The van der Waals surface area contributed by atoms with Crippen molar-refractivity contribution in [2.75, 3.05) is 10.5 Å². The summed E-state index contributed by atoms with van der Waals surface area (Å²) in [6.45, 7) is 0. The summed E-state index contributed by atoms with van der Waals surface area (Å²) in [5.74, 6) is -0.308. The molecule has 0 aromatic heterocycles. The number of nitrogens with two attached hydrogens (primary N) is 1. The molecule has 2 rings (SSSR count). The van der Waals surface area contributed by atoms with Gasteiger partial charge in [0.05, 0.1) is 28.1 Å². The first-order chi connectivity index (χ1) is 9.91. The van der Waals surface area contributed by atoms with Crippen molar-refractivity contribution < 1.29 is 8.42 Å². The minimum atomic E-state index is -3.68. The van der Waals surface area contributed by atoms with Crippen LogP contribution in [-0.2, 0) is 15.8 Å². The second-order valence-corrected chi connectivity index (χ2v) is 6.50. The Balaban J connectivity index is 2.25. The van der Waals surface area contributed by atoms with Crippen molar-refractivity contribution in [3.8, 4) is 6.07 Å². The van der Waals surface area contributed by atoms with E-state index in [1.807, 2.05) is 6.07 Å². The molecule has 0 saturated carbocycles. The van der Waals surface area contributed by atoms with E-state index in [0.29, 0.717) is 16.8 Å². The van der Waals surface area contributed by atoms with Crippen LogP contribution in [0.15, 0.2) is 42.5 Å². The molecule has 0 aliphatic heterocycles. The molecule has 0 heterocycles. The fourth-order valence-corrected chi connectivity index (χ4v) is 3.32. The third-order valence-electron chi connectivity index (χ3n) is 2.74. The van der Waals surface area contributed by atoms with Crippen LogP contribution >= 0.6 is 11.6 Å². The van der Waals surface area contributed by atoms with E-state index in [2.05, 4.69) is 4.72 Å². The summed E-state index contributed by atoms with van der Waals surface area (Å²) in [6, 6.07) is 13.0. The summed E-state index contributed by atoms with van der Waals surface area (Å²) >= 11 is 5.94. The minimum absolute atomic E-state index is 0.215. The highest BCUT2D eigenvalue weighted by Crippen LogP contribution is 2.25. The molecule has 0 radical (unpaired) electrons. The Bertz CT molecular complexity index is 813. The van der Waals surface area contributed by atoms with Crippen molar-refractivity contribution in [1.82, 2.24) is 0 Å². The molecule has 2 aromatic rings. The Labute approximate surface area is 128 Å². The second kappa shape index (κ2) is 6.04. The molecule has 0 unspecified atom stereocenters. The molecule has 0 aliphatic rings. The van der Waals surface area contributed by atoms with Gasteiger partial charge in [-0.3, -0.25) is 4.72 Å². The van der Waals surface area contributed by atoms with Crippen molar-refractivity contribution >= 4 is 33.0 Å². The van der Waals surface area contributed by atoms with Gasteiger partial charge in [0.1, 0.15) is 0 Å². The van der Waals surface area contributed by atoms with E-state index in [9.17, 15) is 8.42 Å².